The highest BCUT2D eigenvalue weighted by molar-refractivity contribution is 5.93. The Morgan fingerprint density at radius 2 is 2.23 bits per heavy atom. The highest BCUT2D eigenvalue weighted by Gasteiger charge is 2.23. The van der Waals surface area contributed by atoms with Crippen molar-refractivity contribution in [3.8, 4) is 0 Å². The molecule has 1 aliphatic heterocycles. The Morgan fingerprint density at radius 1 is 1.38 bits per heavy atom. The van der Waals surface area contributed by atoms with E-state index in [9.17, 15) is 14.3 Å². The minimum atomic E-state index is -0.403. The van der Waals surface area contributed by atoms with Crippen LogP contribution in [-0.4, -0.2) is 42.5 Å². The Bertz CT molecular complexity index is 692. The summed E-state index contributed by atoms with van der Waals surface area (Å²) < 4.78 is 29.5. The summed E-state index contributed by atoms with van der Waals surface area (Å²) in [6, 6.07) is 0. The molecule has 0 spiro atoms. The Kier molecular flexibility index (Phi) is 6.54. The third kappa shape index (κ3) is 4.57. The monoisotopic (exact) mass is 366 g/mol. The van der Waals surface area contributed by atoms with Crippen LogP contribution in [0.3, 0.4) is 0 Å². The van der Waals surface area contributed by atoms with E-state index in [0.717, 1.165) is 12.8 Å². The Balaban J connectivity index is 1.54. The van der Waals surface area contributed by atoms with Crippen LogP contribution in [0.4, 0.5) is 4.39 Å². The number of allylic oxidation sites excluding steroid dienone is 2. The fourth-order valence-corrected chi connectivity index (χ4v) is 2.94. The highest BCUT2D eigenvalue weighted by Crippen LogP contribution is 2.21. The second-order valence-electron chi connectivity index (χ2n) is 6.38. The molecule has 1 aromatic rings. The number of ether oxygens (including phenoxy) is 2. The summed E-state index contributed by atoms with van der Waals surface area (Å²) in [5.41, 5.74) is 0.838. The van der Waals surface area contributed by atoms with Gasteiger partial charge in [-0.2, -0.15) is 0 Å². The standard InChI is InChI=1S/C18H23FN2O5/c19-15-4-2-1-3-13(15)10-25-11-16-14(8-22)17(21-26-16)18(23)20-7-12-5-6-24-9-12/h3-4,12,22H,1-2,5-11H2,(H,20,23). The van der Waals surface area contributed by atoms with Crippen LogP contribution in [0.1, 0.15) is 41.1 Å². The average Bonchev–Trinajstić information content (AvgIpc) is 3.30. The van der Waals surface area contributed by atoms with Gasteiger partial charge in [-0.3, -0.25) is 4.79 Å². The van der Waals surface area contributed by atoms with Crippen LogP contribution in [0, 0.1) is 5.92 Å². The average molecular weight is 366 g/mol. The Labute approximate surface area is 150 Å². The second kappa shape index (κ2) is 9.07. The number of aliphatic hydroxyl groups excluding tert-OH is 1. The first-order chi connectivity index (χ1) is 12.7. The fraction of sp³-hybridized carbons (Fsp3) is 0.556. The molecule has 142 valence electrons. The number of nitrogens with one attached hydrogen (secondary N) is 1. The zero-order valence-corrected chi connectivity index (χ0v) is 14.5. The number of hydrogen-bond donors (Lipinski definition) is 2. The van der Waals surface area contributed by atoms with Crippen LogP contribution in [0.15, 0.2) is 28.1 Å². The number of halogens is 1. The van der Waals surface area contributed by atoms with E-state index in [-0.39, 0.29) is 36.4 Å². The SMILES string of the molecule is O=C(NCC1CCOC1)c1noc(COCC2=CCCC=C2F)c1CO. The zero-order chi connectivity index (χ0) is 18.4. The maximum Gasteiger partial charge on any atom is 0.273 e. The molecular formula is C18H23FN2O5. The molecule has 8 heteroatoms. The molecule has 1 fully saturated rings. The van der Waals surface area contributed by atoms with E-state index in [2.05, 4.69) is 10.5 Å². The highest BCUT2D eigenvalue weighted by atomic mass is 19.1. The lowest BCUT2D eigenvalue weighted by atomic mass is 10.1. The number of nitrogens with zero attached hydrogens (tertiary/aromatic N) is 1. The van der Waals surface area contributed by atoms with E-state index < -0.39 is 12.5 Å². The molecule has 0 radical (unpaired) electrons. The summed E-state index contributed by atoms with van der Waals surface area (Å²) >= 11 is 0. The molecular weight excluding hydrogens is 343 g/mol. The van der Waals surface area contributed by atoms with Gasteiger partial charge in [0.05, 0.1) is 25.4 Å². The van der Waals surface area contributed by atoms with Gasteiger partial charge < -0.3 is 24.4 Å². The smallest absolute Gasteiger partial charge is 0.273 e. The van der Waals surface area contributed by atoms with E-state index in [4.69, 9.17) is 14.0 Å². The lowest BCUT2D eigenvalue weighted by Crippen LogP contribution is -2.30. The van der Waals surface area contributed by atoms with Crippen molar-refractivity contribution in [1.29, 1.82) is 0 Å². The molecule has 0 bridgehead atoms. The van der Waals surface area contributed by atoms with E-state index >= 15 is 0 Å². The van der Waals surface area contributed by atoms with Crippen LogP contribution in [0.25, 0.3) is 0 Å². The normalized spacial score (nSPS) is 20.0. The summed E-state index contributed by atoms with van der Waals surface area (Å²) in [5.74, 6) is -0.118. The first kappa shape index (κ1) is 18.8. The molecule has 1 amide bonds. The van der Waals surface area contributed by atoms with Gasteiger partial charge in [0.25, 0.3) is 5.91 Å². The largest absolute Gasteiger partial charge is 0.391 e. The van der Waals surface area contributed by atoms with Crippen molar-refractivity contribution in [2.45, 2.75) is 32.5 Å². The number of rotatable bonds is 8. The lowest BCUT2D eigenvalue weighted by molar-refractivity contribution is 0.0932. The van der Waals surface area contributed by atoms with Crippen molar-refractivity contribution in [3.63, 3.8) is 0 Å². The molecule has 1 saturated heterocycles. The summed E-state index contributed by atoms with van der Waals surface area (Å²) in [5, 5.41) is 16.1. The molecule has 7 nitrogen and oxygen atoms in total. The van der Waals surface area contributed by atoms with Gasteiger partial charge in [0.2, 0.25) is 0 Å². The molecule has 1 unspecified atom stereocenters. The number of carbonyl (C=O) groups excluding carboxylic acids is 1. The van der Waals surface area contributed by atoms with Crippen molar-refractivity contribution in [2.75, 3.05) is 26.4 Å². The van der Waals surface area contributed by atoms with Crippen LogP contribution in [0.2, 0.25) is 0 Å². The zero-order valence-electron chi connectivity index (χ0n) is 14.5. The number of aliphatic hydroxyl groups is 1. The van der Waals surface area contributed by atoms with Crippen LogP contribution < -0.4 is 5.32 Å². The molecule has 1 aliphatic carbocycles. The molecule has 26 heavy (non-hydrogen) atoms. The van der Waals surface area contributed by atoms with Crippen molar-refractivity contribution < 1.29 is 28.3 Å². The van der Waals surface area contributed by atoms with Crippen LogP contribution in [-0.2, 0) is 22.7 Å². The van der Waals surface area contributed by atoms with Crippen LogP contribution in [0.5, 0.6) is 0 Å². The number of amides is 1. The topological polar surface area (TPSA) is 93.8 Å². The molecule has 0 saturated carbocycles. The first-order valence-electron chi connectivity index (χ1n) is 8.76. The molecule has 2 N–H and O–H groups in total. The summed E-state index contributed by atoms with van der Waals surface area (Å²) in [6.45, 7) is 1.52. The van der Waals surface area contributed by atoms with Gasteiger partial charge in [0.15, 0.2) is 11.5 Å². The van der Waals surface area contributed by atoms with Crippen molar-refractivity contribution in [1.82, 2.24) is 10.5 Å². The molecule has 2 heterocycles. The van der Waals surface area contributed by atoms with Gasteiger partial charge in [0, 0.05) is 24.6 Å². The lowest BCUT2D eigenvalue weighted by Gasteiger charge is -2.10. The Morgan fingerprint density at radius 3 is 2.96 bits per heavy atom. The first-order valence-corrected chi connectivity index (χ1v) is 8.76. The van der Waals surface area contributed by atoms with E-state index in [1.165, 1.54) is 6.08 Å². The molecule has 1 atom stereocenters. The van der Waals surface area contributed by atoms with E-state index in [1.807, 2.05) is 0 Å². The molecule has 1 aromatic heterocycles. The summed E-state index contributed by atoms with van der Waals surface area (Å²) in [6.07, 6.45) is 5.72. The Hall–Kier alpha value is -2.03. The van der Waals surface area contributed by atoms with Crippen molar-refractivity contribution in [2.24, 2.45) is 5.92 Å². The second-order valence-corrected chi connectivity index (χ2v) is 6.38. The third-order valence-corrected chi connectivity index (χ3v) is 4.50. The maximum atomic E-state index is 13.6. The number of aromatic nitrogens is 1. The van der Waals surface area contributed by atoms with Gasteiger partial charge >= 0.3 is 0 Å². The molecule has 0 aromatic carbocycles. The van der Waals surface area contributed by atoms with Crippen LogP contribution >= 0.6 is 0 Å². The van der Waals surface area contributed by atoms with E-state index in [1.54, 1.807) is 6.08 Å². The van der Waals surface area contributed by atoms with Gasteiger partial charge in [-0.05, 0) is 25.3 Å². The fourth-order valence-electron chi connectivity index (χ4n) is 2.94. The third-order valence-electron chi connectivity index (χ3n) is 4.50. The van der Waals surface area contributed by atoms with Gasteiger partial charge in [-0.15, -0.1) is 0 Å². The van der Waals surface area contributed by atoms with Crippen molar-refractivity contribution >= 4 is 5.91 Å². The van der Waals surface area contributed by atoms with E-state index in [0.29, 0.717) is 37.3 Å². The predicted molar refractivity (Wildman–Crippen MR) is 89.8 cm³/mol. The maximum absolute atomic E-state index is 13.6. The predicted octanol–water partition coefficient (Wildman–Crippen LogP) is 2.02. The summed E-state index contributed by atoms with van der Waals surface area (Å²) in [4.78, 5) is 12.3. The van der Waals surface area contributed by atoms with Gasteiger partial charge in [-0.25, -0.2) is 4.39 Å². The quantitative estimate of drug-likeness (QED) is 0.731. The number of carbonyl (C=O) groups is 1. The minimum Gasteiger partial charge on any atom is -0.391 e. The van der Waals surface area contributed by atoms with Gasteiger partial charge in [-0.1, -0.05) is 11.2 Å². The molecule has 2 aliphatic rings. The molecule has 3 rings (SSSR count). The van der Waals surface area contributed by atoms with Crippen molar-refractivity contribution in [3.05, 3.63) is 40.6 Å². The van der Waals surface area contributed by atoms with Gasteiger partial charge in [0.1, 0.15) is 12.4 Å². The summed E-state index contributed by atoms with van der Waals surface area (Å²) in [7, 11) is 0. The minimum absolute atomic E-state index is 0.00272. The number of hydrogen-bond acceptors (Lipinski definition) is 6.